The van der Waals surface area contributed by atoms with Crippen LogP contribution in [0, 0.1) is 5.92 Å². The zero-order chi connectivity index (χ0) is 15.9. The van der Waals surface area contributed by atoms with E-state index in [9.17, 15) is 18.3 Å². The third-order valence-electron chi connectivity index (χ3n) is 2.75. The largest absolute Gasteiger partial charge is 0.416 e. The number of hydrogen-bond acceptors (Lipinski definition) is 3. The fourth-order valence-corrected chi connectivity index (χ4v) is 1.69. The van der Waals surface area contributed by atoms with Gasteiger partial charge in [-0.3, -0.25) is 0 Å². The van der Waals surface area contributed by atoms with Gasteiger partial charge in [0.1, 0.15) is 0 Å². The highest BCUT2D eigenvalue weighted by Crippen LogP contribution is 2.28. The van der Waals surface area contributed by atoms with Crippen LogP contribution >= 0.6 is 0 Å². The van der Waals surface area contributed by atoms with Gasteiger partial charge in [0.25, 0.3) is 0 Å². The molecule has 1 aromatic rings. The maximum absolute atomic E-state index is 12.4. The number of rotatable bonds is 8. The Kier molecular flexibility index (Phi) is 7.14. The fraction of sp³-hybridized carbons (Fsp3) is 0.600. The number of nitrogens with one attached hydrogen (secondary N) is 1. The second-order valence-corrected chi connectivity index (χ2v) is 5.41. The Labute approximate surface area is 123 Å². The zero-order valence-electron chi connectivity index (χ0n) is 12.3. The van der Waals surface area contributed by atoms with Gasteiger partial charge in [0, 0.05) is 19.7 Å². The molecule has 0 aromatic heterocycles. The molecular formula is C15H22F3NO2. The van der Waals surface area contributed by atoms with Gasteiger partial charge in [0.15, 0.2) is 0 Å². The molecule has 0 amide bonds. The molecule has 1 rings (SSSR count). The van der Waals surface area contributed by atoms with E-state index in [0.29, 0.717) is 25.6 Å². The summed E-state index contributed by atoms with van der Waals surface area (Å²) < 4.78 is 42.5. The summed E-state index contributed by atoms with van der Waals surface area (Å²) in [4.78, 5) is 0. The summed E-state index contributed by atoms with van der Waals surface area (Å²) in [5.74, 6) is 0.414. The Balaban J connectivity index is 2.26. The van der Waals surface area contributed by atoms with Gasteiger partial charge in [-0.05, 0) is 23.6 Å². The molecule has 1 atom stereocenters. The summed E-state index contributed by atoms with van der Waals surface area (Å²) in [7, 11) is 0. The number of aliphatic hydroxyl groups is 1. The Bertz CT molecular complexity index is 404. The summed E-state index contributed by atoms with van der Waals surface area (Å²) in [6.45, 7) is 5.62. The molecule has 0 aliphatic carbocycles. The third kappa shape index (κ3) is 7.45. The van der Waals surface area contributed by atoms with Gasteiger partial charge in [-0.25, -0.2) is 0 Å². The van der Waals surface area contributed by atoms with Crippen LogP contribution < -0.4 is 5.32 Å². The van der Waals surface area contributed by atoms with E-state index < -0.39 is 17.8 Å². The monoisotopic (exact) mass is 305 g/mol. The van der Waals surface area contributed by atoms with E-state index in [1.54, 1.807) is 0 Å². The minimum Gasteiger partial charge on any atom is -0.389 e. The van der Waals surface area contributed by atoms with Gasteiger partial charge in [0.05, 0.1) is 18.3 Å². The average Bonchev–Trinajstić information content (AvgIpc) is 2.38. The smallest absolute Gasteiger partial charge is 0.389 e. The van der Waals surface area contributed by atoms with Gasteiger partial charge in [0.2, 0.25) is 0 Å². The first-order valence-corrected chi connectivity index (χ1v) is 6.91. The number of aliphatic hydroxyl groups excluding tert-OH is 1. The lowest BCUT2D eigenvalue weighted by Gasteiger charge is -2.14. The van der Waals surface area contributed by atoms with Crippen molar-refractivity contribution in [3.63, 3.8) is 0 Å². The SMILES string of the molecule is CC(C)COCC(O)CNCc1ccc(C(F)(F)F)cc1. The second kappa shape index (κ2) is 8.36. The lowest BCUT2D eigenvalue weighted by molar-refractivity contribution is -0.137. The summed E-state index contributed by atoms with van der Waals surface area (Å²) in [5.41, 5.74) is 0.0756. The molecule has 6 heteroatoms. The predicted molar refractivity (Wildman–Crippen MR) is 74.8 cm³/mol. The predicted octanol–water partition coefficient (Wildman–Crippen LogP) is 2.83. The molecule has 0 aliphatic heterocycles. The number of hydrogen-bond donors (Lipinski definition) is 2. The first-order valence-electron chi connectivity index (χ1n) is 6.91. The van der Waals surface area contributed by atoms with Crippen LogP contribution in [-0.4, -0.2) is 31.0 Å². The maximum atomic E-state index is 12.4. The Morgan fingerprint density at radius 3 is 2.29 bits per heavy atom. The van der Waals surface area contributed by atoms with E-state index in [-0.39, 0.29) is 6.61 Å². The van der Waals surface area contributed by atoms with Crippen molar-refractivity contribution in [2.45, 2.75) is 32.7 Å². The molecule has 1 unspecified atom stereocenters. The summed E-state index contributed by atoms with van der Waals surface area (Å²) >= 11 is 0. The maximum Gasteiger partial charge on any atom is 0.416 e. The zero-order valence-corrected chi connectivity index (χ0v) is 12.3. The molecule has 0 heterocycles. The minimum atomic E-state index is -4.31. The minimum absolute atomic E-state index is 0.248. The second-order valence-electron chi connectivity index (χ2n) is 5.41. The molecule has 1 aromatic carbocycles. The van der Waals surface area contributed by atoms with Gasteiger partial charge >= 0.3 is 6.18 Å². The van der Waals surface area contributed by atoms with Crippen molar-refractivity contribution in [3.8, 4) is 0 Å². The van der Waals surface area contributed by atoms with Crippen molar-refractivity contribution in [2.75, 3.05) is 19.8 Å². The first-order chi connectivity index (χ1) is 9.79. The standard InChI is InChI=1S/C15H22F3NO2/c1-11(2)9-21-10-14(20)8-19-7-12-3-5-13(6-4-12)15(16,17)18/h3-6,11,14,19-20H,7-10H2,1-2H3. The normalized spacial score (nSPS) is 13.7. The molecule has 2 N–H and O–H groups in total. The highest BCUT2D eigenvalue weighted by molar-refractivity contribution is 5.24. The van der Waals surface area contributed by atoms with Crippen molar-refractivity contribution in [1.82, 2.24) is 5.32 Å². The number of alkyl halides is 3. The molecule has 120 valence electrons. The topological polar surface area (TPSA) is 41.5 Å². The number of benzene rings is 1. The lowest BCUT2D eigenvalue weighted by Crippen LogP contribution is -2.30. The number of ether oxygens (including phenoxy) is 1. The summed E-state index contributed by atoms with van der Waals surface area (Å²) in [6, 6.07) is 4.97. The summed E-state index contributed by atoms with van der Waals surface area (Å²) in [5, 5.41) is 12.6. The Morgan fingerprint density at radius 2 is 1.76 bits per heavy atom. The van der Waals surface area contributed by atoms with Crippen LogP contribution in [0.15, 0.2) is 24.3 Å². The molecule has 0 fully saturated rings. The molecule has 0 spiro atoms. The van der Waals surface area contributed by atoms with E-state index in [1.165, 1.54) is 12.1 Å². The molecule has 3 nitrogen and oxygen atoms in total. The first kappa shape index (κ1) is 17.9. The molecule has 0 aliphatic rings. The van der Waals surface area contributed by atoms with E-state index in [1.807, 2.05) is 13.8 Å². The van der Waals surface area contributed by atoms with Crippen molar-refractivity contribution < 1.29 is 23.0 Å². The fourth-order valence-electron chi connectivity index (χ4n) is 1.69. The van der Waals surface area contributed by atoms with Crippen LogP contribution in [0.2, 0.25) is 0 Å². The molecule has 21 heavy (non-hydrogen) atoms. The van der Waals surface area contributed by atoms with E-state index in [4.69, 9.17) is 4.74 Å². The van der Waals surface area contributed by atoms with Gasteiger partial charge in [-0.15, -0.1) is 0 Å². The van der Waals surface area contributed by atoms with E-state index >= 15 is 0 Å². The Morgan fingerprint density at radius 1 is 1.14 bits per heavy atom. The number of halogens is 3. The molecular weight excluding hydrogens is 283 g/mol. The quantitative estimate of drug-likeness (QED) is 0.776. The molecule has 0 saturated heterocycles. The average molecular weight is 305 g/mol. The van der Waals surface area contributed by atoms with Crippen molar-refractivity contribution >= 4 is 0 Å². The van der Waals surface area contributed by atoms with Crippen LogP contribution in [0.25, 0.3) is 0 Å². The van der Waals surface area contributed by atoms with Crippen molar-refractivity contribution in [2.24, 2.45) is 5.92 Å². The highest BCUT2D eigenvalue weighted by atomic mass is 19.4. The van der Waals surface area contributed by atoms with Crippen molar-refractivity contribution in [3.05, 3.63) is 35.4 Å². The van der Waals surface area contributed by atoms with Gasteiger partial charge in [-0.2, -0.15) is 13.2 Å². The van der Waals surface area contributed by atoms with Crippen LogP contribution in [-0.2, 0) is 17.5 Å². The van der Waals surface area contributed by atoms with Crippen LogP contribution in [0.5, 0.6) is 0 Å². The van der Waals surface area contributed by atoms with Crippen LogP contribution in [0.1, 0.15) is 25.0 Å². The molecule has 0 bridgehead atoms. The Hall–Kier alpha value is -1.11. The highest BCUT2D eigenvalue weighted by Gasteiger charge is 2.29. The van der Waals surface area contributed by atoms with Gasteiger partial charge < -0.3 is 15.2 Å². The van der Waals surface area contributed by atoms with Crippen LogP contribution in [0.3, 0.4) is 0 Å². The lowest BCUT2D eigenvalue weighted by atomic mass is 10.1. The third-order valence-corrected chi connectivity index (χ3v) is 2.75. The molecule has 0 saturated carbocycles. The van der Waals surface area contributed by atoms with E-state index in [2.05, 4.69) is 5.32 Å². The molecule has 0 radical (unpaired) electrons. The van der Waals surface area contributed by atoms with E-state index in [0.717, 1.165) is 17.7 Å². The van der Waals surface area contributed by atoms with Crippen molar-refractivity contribution in [1.29, 1.82) is 0 Å². The summed E-state index contributed by atoms with van der Waals surface area (Å²) in [6.07, 6.45) is -4.94. The van der Waals surface area contributed by atoms with Gasteiger partial charge in [-0.1, -0.05) is 26.0 Å². The van der Waals surface area contributed by atoms with Crippen LogP contribution in [0.4, 0.5) is 13.2 Å².